The predicted molar refractivity (Wildman–Crippen MR) is 52.7 cm³/mol. The summed E-state index contributed by atoms with van der Waals surface area (Å²) in [4.78, 5) is 21.3. The van der Waals surface area contributed by atoms with Crippen LogP contribution in [0.4, 0.5) is 5.69 Å². The van der Waals surface area contributed by atoms with Crippen molar-refractivity contribution in [1.29, 1.82) is 0 Å². The minimum Gasteiger partial charge on any atom is -0.294 e. The van der Waals surface area contributed by atoms with Crippen LogP contribution in [0, 0.1) is 10.1 Å². The maximum atomic E-state index is 11.3. The van der Waals surface area contributed by atoms with E-state index in [4.69, 9.17) is 11.6 Å². The molecule has 0 saturated heterocycles. The molecule has 0 heterocycles. The van der Waals surface area contributed by atoms with Gasteiger partial charge in [0.05, 0.1) is 10.5 Å². The number of benzene rings is 1. The normalized spacial score (nSPS) is 9.86. The Hall–Kier alpha value is -1.42. The number of hydrogen-bond acceptors (Lipinski definition) is 3. The Kier molecular flexibility index (Phi) is 3.19. The largest absolute Gasteiger partial charge is 0.294 e. The second-order valence-electron chi connectivity index (χ2n) is 2.70. The molecule has 14 heavy (non-hydrogen) atoms. The number of nitrogens with zero attached hydrogens (tertiary/aromatic N) is 1. The zero-order valence-corrected chi connectivity index (χ0v) is 8.25. The van der Waals surface area contributed by atoms with Gasteiger partial charge < -0.3 is 0 Å². The van der Waals surface area contributed by atoms with Gasteiger partial charge in [-0.25, -0.2) is 0 Å². The molecule has 0 amide bonds. The maximum absolute atomic E-state index is 11.3. The van der Waals surface area contributed by atoms with E-state index < -0.39 is 4.92 Å². The summed E-state index contributed by atoms with van der Waals surface area (Å²) in [6, 6.07) is 4.04. The summed E-state index contributed by atoms with van der Waals surface area (Å²) in [5, 5.41) is 10.8. The molecule has 0 bridgehead atoms. The van der Waals surface area contributed by atoms with Gasteiger partial charge in [0, 0.05) is 17.5 Å². The average molecular weight is 214 g/mol. The highest BCUT2D eigenvalue weighted by atomic mass is 35.5. The molecule has 74 valence electrons. The number of halogens is 1. The number of carbonyl (C=O) groups is 1. The van der Waals surface area contributed by atoms with Gasteiger partial charge in [-0.3, -0.25) is 14.9 Å². The molecule has 1 aromatic rings. The third-order valence-corrected chi connectivity index (χ3v) is 2.01. The number of ketones is 1. The van der Waals surface area contributed by atoms with E-state index in [1.807, 2.05) is 0 Å². The van der Waals surface area contributed by atoms with E-state index in [1.54, 1.807) is 6.92 Å². The lowest BCUT2D eigenvalue weighted by molar-refractivity contribution is -0.385. The van der Waals surface area contributed by atoms with Gasteiger partial charge in [-0.05, 0) is 12.1 Å². The van der Waals surface area contributed by atoms with Gasteiger partial charge in [0.2, 0.25) is 0 Å². The van der Waals surface area contributed by atoms with Crippen LogP contribution in [0.5, 0.6) is 0 Å². The summed E-state index contributed by atoms with van der Waals surface area (Å²) in [7, 11) is 0. The summed E-state index contributed by atoms with van der Waals surface area (Å²) >= 11 is 5.59. The van der Waals surface area contributed by atoms with Crippen LogP contribution in [-0.2, 0) is 0 Å². The van der Waals surface area contributed by atoms with Gasteiger partial charge in [-0.15, -0.1) is 0 Å². The maximum Gasteiger partial charge on any atom is 0.281 e. The number of carbonyl (C=O) groups excluding carboxylic acids is 1. The SMILES string of the molecule is CCC(=O)c1ccc(Cl)cc1[N+](=O)[O-]. The summed E-state index contributed by atoms with van der Waals surface area (Å²) in [5.74, 6) is -0.256. The molecule has 0 N–H and O–H groups in total. The quantitative estimate of drug-likeness (QED) is 0.441. The van der Waals surface area contributed by atoms with Crippen molar-refractivity contribution >= 4 is 23.1 Å². The molecule has 0 aliphatic heterocycles. The molecule has 0 aromatic heterocycles. The van der Waals surface area contributed by atoms with Crippen LogP contribution in [0.15, 0.2) is 18.2 Å². The summed E-state index contributed by atoms with van der Waals surface area (Å²) < 4.78 is 0. The van der Waals surface area contributed by atoms with Gasteiger partial charge in [-0.1, -0.05) is 18.5 Å². The number of Topliss-reactive ketones (excluding diaryl/α,β-unsaturated/α-hetero) is 1. The second-order valence-corrected chi connectivity index (χ2v) is 3.13. The first kappa shape index (κ1) is 10.7. The zero-order valence-electron chi connectivity index (χ0n) is 7.49. The van der Waals surface area contributed by atoms with E-state index in [9.17, 15) is 14.9 Å². The minimum atomic E-state index is -0.602. The average Bonchev–Trinajstić information content (AvgIpc) is 2.16. The number of nitro groups is 1. The minimum absolute atomic E-state index is 0.113. The number of rotatable bonds is 3. The van der Waals surface area contributed by atoms with Crippen molar-refractivity contribution in [3.8, 4) is 0 Å². The topological polar surface area (TPSA) is 60.2 Å². The fourth-order valence-corrected chi connectivity index (χ4v) is 1.25. The van der Waals surface area contributed by atoms with E-state index >= 15 is 0 Å². The van der Waals surface area contributed by atoms with Gasteiger partial charge in [0.1, 0.15) is 0 Å². The van der Waals surface area contributed by atoms with Crippen molar-refractivity contribution in [3.05, 3.63) is 38.9 Å². The molecule has 0 saturated carbocycles. The molecule has 0 atom stereocenters. The van der Waals surface area contributed by atoms with Crippen LogP contribution >= 0.6 is 11.6 Å². The Balaban J connectivity index is 3.28. The van der Waals surface area contributed by atoms with Crippen molar-refractivity contribution in [2.45, 2.75) is 13.3 Å². The molecule has 0 radical (unpaired) electrons. The Morgan fingerprint density at radius 3 is 2.71 bits per heavy atom. The Morgan fingerprint density at radius 2 is 2.21 bits per heavy atom. The van der Waals surface area contributed by atoms with E-state index in [1.165, 1.54) is 18.2 Å². The molecular formula is C9H8ClNO3. The van der Waals surface area contributed by atoms with E-state index in [0.717, 1.165) is 0 Å². The van der Waals surface area contributed by atoms with Crippen LogP contribution in [0.2, 0.25) is 5.02 Å². The van der Waals surface area contributed by atoms with Crippen LogP contribution in [0.25, 0.3) is 0 Å². The van der Waals surface area contributed by atoms with Crippen LogP contribution < -0.4 is 0 Å². The van der Waals surface area contributed by atoms with E-state index in [-0.39, 0.29) is 28.5 Å². The predicted octanol–water partition coefficient (Wildman–Crippen LogP) is 2.84. The first-order chi connectivity index (χ1) is 6.56. The van der Waals surface area contributed by atoms with Gasteiger partial charge in [0.25, 0.3) is 5.69 Å². The molecule has 0 aliphatic carbocycles. The molecule has 0 spiro atoms. The van der Waals surface area contributed by atoms with Crippen molar-refractivity contribution < 1.29 is 9.72 Å². The first-order valence-electron chi connectivity index (χ1n) is 4.03. The molecule has 1 rings (SSSR count). The fraction of sp³-hybridized carbons (Fsp3) is 0.222. The monoisotopic (exact) mass is 213 g/mol. The first-order valence-corrected chi connectivity index (χ1v) is 4.41. The van der Waals surface area contributed by atoms with Crippen molar-refractivity contribution in [3.63, 3.8) is 0 Å². The number of hydrogen-bond donors (Lipinski definition) is 0. The Labute approximate surface area is 85.6 Å². The second kappa shape index (κ2) is 4.19. The lowest BCUT2D eigenvalue weighted by Gasteiger charge is -2.00. The fourth-order valence-electron chi connectivity index (χ4n) is 1.08. The van der Waals surface area contributed by atoms with Crippen LogP contribution in [-0.4, -0.2) is 10.7 Å². The van der Waals surface area contributed by atoms with Crippen molar-refractivity contribution in [2.75, 3.05) is 0 Å². The lowest BCUT2D eigenvalue weighted by atomic mass is 10.1. The van der Waals surface area contributed by atoms with Crippen LogP contribution in [0.1, 0.15) is 23.7 Å². The van der Waals surface area contributed by atoms with Crippen molar-refractivity contribution in [2.24, 2.45) is 0 Å². The number of nitro benzene ring substituents is 1. The highest BCUT2D eigenvalue weighted by Crippen LogP contribution is 2.24. The van der Waals surface area contributed by atoms with Gasteiger partial charge >= 0.3 is 0 Å². The zero-order chi connectivity index (χ0) is 10.7. The van der Waals surface area contributed by atoms with E-state index in [2.05, 4.69) is 0 Å². The van der Waals surface area contributed by atoms with Crippen molar-refractivity contribution in [1.82, 2.24) is 0 Å². The molecule has 0 unspecified atom stereocenters. The lowest BCUT2D eigenvalue weighted by Crippen LogP contribution is -2.02. The van der Waals surface area contributed by atoms with Gasteiger partial charge in [-0.2, -0.15) is 0 Å². The summed E-state index contributed by atoms with van der Waals surface area (Å²) in [6.07, 6.45) is 0.239. The molecule has 1 aromatic carbocycles. The third kappa shape index (κ3) is 2.09. The molecule has 4 nitrogen and oxygen atoms in total. The van der Waals surface area contributed by atoms with Gasteiger partial charge in [0.15, 0.2) is 5.78 Å². The Morgan fingerprint density at radius 1 is 1.57 bits per heavy atom. The molecule has 0 aliphatic rings. The third-order valence-electron chi connectivity index (χ3n) is 1.78. The van der Waals surface area contributed by atoms with Crippen LogP contribution in [0.3, 0.4) is 0 Å². The van der Waals surface area contributed by atoms with E-state index in [0.29, 0.717) is 0 Å². The molecule has 0 fully saturated rings. The molecular weight excluding hydrogens is 206 g/mol. The smallest absolute Gasteiger partial charge is 0.281 e. The standard InChI is InChI=1S/C9H8ClNO3/c1-2-9(12)7-4-3-6(10)5-8(7)11(13)14/h3-5H,2H2,1H3. The summed E-state index contributed by atoms with van der Waals surface area (Å²) in [6.45, 7) is 1.65. The Bertz CT molecular complexity index is 390. The highest BCUT2D eigenvalue weighted by molar-refractivity contribution is 6.31. The summed E-state index contributed by atoms with van der Waals surface area (Å²) in [5.41, 5.74) is -0.119. The highest BCUT2D eigenvalue weighted by Gasteiger charge is 2.18. The molecule has 5 heteroatoms.